The fourth-order valence-electron chi connectivity index (χ4n) is 5.12. The molecule has 0 radical (unpaired) electrons. The summed E-state index contributed by atoms with van der Waals surface area (Å²) >= 11 is 0. The number of carbonyl (C=O) groups is 1. The number of carbonyl (C=O) groups excluding carboxylic acids is 1. The van der Waals surface area contributed by atoms with Crippen LogP contribution in [0.25, 0.3) is 44.0 Å². The maximum atomic E-state index is 12.0. The summed E-state index contributed by atoms with van der Waals surface area (Å²) in [4.78, 5) is 12.0. The monoisotopic (exact) mass is 459 g/mol. The molecule has 172 valence electrons. The molecule has 0 aliphatic carbocycles. The highest BCUT2D eigenvalue weighted by Crippen LogP contribution is 2.38. The van der Waals surface area contributed by atoms with Crippen LogP contribution < -0.4 is 11.5 Å². The van der Waals surface area contributed by atoms with Gasteiger partial charge in [0.2, 0.25) is 5.91 Å². The molecule has 0 bridgehead atoms. The fourth-order valence-corrected chi connectivity index (χ4v) is 5.12. The predicted octanol–water partition coefficient (Wildman–Crippen LogP) is 5.86. The van der Waals surface area contributed by atoms with Crippen molar-refractivity contribution in [2.75, 3.05) is 6.54 Å². The van der Waals surface area contributed by atoms with Crippen LogP contribution in [0, 0.1) is 0 Å². The minimum atomic E-state index is -0.415. The van der Waals surface area contributed by atoms with Crippen molar-refractivity contribution in [3.05, 3.63) is 108 Å². The van der Waals surface area contributed by atoms with E-state index >= 15 is 0 Å². The number of rotatable bonds is 6. The van der Waals surface area contributed by atoms with Crippen LogP contribution in [0.1, 0.15) is 21.5 Å². The van der Waals surface area contributed by atoms with E-state index in [1.165, 1.54) is 5.56 Å². The van der Waals surface area contributed by atoms with E-state index in [2.05, 4.69) is 41.1 Å². The summed E-state index contributed by atoms with van der Waals surface area (Å²) < 4.78 is 8.29. The molecular formula is C30H25N3O2. The molecule has 4 N–H and O–H groups in total. The number of para-hydroxylation sites is 1. The van der Waals surface area contributed by atoms with E-state index in [0.29, 0.717) is 18.7 Å². The van der Waals surface area contributed by atoms with Crippen molar-refractivity contribution in [3.63, 3.8) is 0 Å². The zero-order valence-corrected chi connectivity index (χ0v) is 19.2. The lowest BCUT2D eigenvalue weighted by atomic mass is 9.97. The van der Waals surface area contributed by atoms with Crippen LogP contribution in [0.5, 0.6) is 0 Å². The van der Waals surface area contributed by atoms with E-state index in [1.807, 2.05) is 48.5 Å². The average molecular weight is 460 g/mol. The van der Waals surface area contributed by atoms with Gasteiger partial charge in [-0.15, -0.1) is 0 Å². The highest BCUT2D eigenvalue weighted by molar-refractivity contribution is 6.12. The normalized spacial score (nSPS) is 11.6. The maximum Gasteiger partial charge on any atom is 0.249 e. The third kappa shape index (κ3) is 3.57. The molecule has 5 nitrogen and oxygen atoms in total. The lowest BCUT2D eigenvalue weighted by Gasteiger charge is -2.10. The molecule has 2 aromatic heterocycles. The van der Waals surface area contributed by atoms with Crippen LogP contribution in [0.15, 0.2) is 95.5 Å². The highest BCUT2D eigenvalue weighted by atomic mass is 16.3. The van der Waals surface area contributed by atoms with Crippen LogP contribution >= 0.6 is 0 Å². The number of aromatic nitrogens is 1. The minimum Gasteiger partial charge on any atom is -0.456 e. The largest absolute Gasteiger partial charge is 0.456 e. The standard InChI is InChI=1S/C30H25N3O2/c31-15-14-21-18-33(17-20-6-1-2-7-23(20)30(32)34)26-13-12-19(16-25(21)26)22-9-5-11-28-29(22)24-8-3-4-10-27(24)35-28/h1-13,16,18H,14-15,17,31H2,(H2,32,34). The molecule has 0 spiro atoms. The van der Waals surface area contributed by atoms with Crippen LogP contribution in [0.3, 0.4) is 0 Å². The molecule has 0 saturated carbocycles. The number of benzene rings is 4. The van der Waals surface area contributed by atoms with Gasteiger partial charge in [0.15, 0.2) is 0 Å². The van der Waals surface area contributed by atoms with Gasteiger partial charge < -0.3 is 20.5 Å². The van der Waals surface area contributed by atoms with Gasteiger partial charge in [-0.3, -0.25) is 4.79 Å². The molecule has 5 heteroatoms. The van der Waals surface area contributed by atoms with Crippen LogP contribution in [0.4, 0.5) is 0 Å². The van der Waals surface area contributed by atoms with Gasteiger partial charge in [0, 0.05) is 40.0 Å². The Morgan fingerprint density at radius 2 is 1.63 bits per heavy atom. The van der Waals surface area contributed by atoms with Gasteiger partial charge in [0.25, 0.3) is 0 Å². The number of hydrogen-bond acceptors (Lipinski definition) is 3. The van der Waals surface area contributed by atoms with Crippen LogP contribution in [0.2, 0.25) is 0 Å². The molecule has 0 aliphatic heterocycles. The van der Waals surface area contributed by atoms with Crippen LogP contribution in [-0.4, -0.2) is 17.0 Å². The molecular weight excluding hydrogens is 434 g/mol. The molecule has 0 saturated heterocycles. The van der Waals surface area contributed by atoms with E-state index in [0.717, 1.165) is 56.0 Å². The first-order chi connectivity index (χ1) is 17.1. The first-order valence-corrected chi connectivity index (χ1v) is 11.7. The molecule has 0 aliphatic rings. The Labute approximate surface area is 202 Å². The van der Waals surface area contributed by atoms with E-state index in [4.69, 9.17) is 15.9 Å². The molecule has 6 rings (SSSR count). The van der Waals surface area contributed by atoms with Crippen molar-refractivity contribution < 1.29 is 9.21 Å². The van der Waals surface area contributed by atoms with Gasteiger partial charge in [-0.05, 0) is 65.6 Å². The lowest BCUT2D eigenvalue weighted by Crippen LogP contribution is -2.15. The topological polar surface area (TPSA) is 87.2 Å². The number of amides is 1. The van der Waals surface area contributed by atoms with Crippen molar-refractivity contribution in [1.29, 1.82) is 0 Å². The SMILES string of the molecule is NCCc1cn(Cc2ccccc2C(N)=O)c2ccc(-c3cccc4oc5ccccc5c34)cc12. The first kappa shape index (κ1) is 21.2. The van der Waals surface area contributed by atoms with E-state index < -0.39 is 5.91 Å². The van der Waals surface area contributed by atoms with Gasteiger partial charge in [0.05, 0.1) is 0 Å². The minimum absolute atomic E-state index is 0.415. The highest BCUT2D eigenvalue weighted by Gasteiger charge is 2.16. The number of furan rings is 1. The van der Waals surface area contributed by atoms with Crippen molar-refractivity contribution >= 4 is 38.7 Å². The summed E-state index contributed by atoms with van der Waals surface area (Å²) in [6.07, 6.45) is 2.91. The predicted molar refractivity (Wildman–Crippen MR) is 141 cm³/mol. The molecule has 2 heterocycles. The third-order valence-corrected chi connectivity index (χ3v) is 6.71. The Morgan fingerprint density at radius 1 is 0.829 bits per heavy atom. The van der Waals surface area contributed by atoms with Gasteiger partial charge in [-0.2, -0.15) is 0 Å². The molecule has 4 aromatic carbocycles. The van der Waals surface area contributed by atoms with Crippen LogP contribution in [-0.2, 0) is 13.0 Å². The Bertz CT molecular complexity index is 1720. The third-order valence-electron chi connectivity index (χ3n) is 6.71. The van der Waals surface area contributed by atoms with E-state index in [-0.39, 0.29) is 0 Å². The van der Waals surface area contributed by atoms with Crippen molar-refractivity contribution in [3.8, 4) is 11.1 Å². The maximum absolute atomic E-state index is 12.0. The zero-order valence-electron chi connectivity index (χ0n) is 19.2. The summed E-state index contributed by atoms with van der Waals surface area (Å²) in [5, 5.41) is 3.40. The smallest absolute Gasteiger partial charge is 0.249 e. The number of nitrogens with zero attached hydrogens (tertiary/aromatic N) is 1. The molecule has 0 atom stereocenters. The number of fused-ring (bicyclic) bond motifs is 4. The molecule has 35 heavy (non-hydrogen) atoms. The fraction of sp³-hybridized carbons (Fsp3) is 0.100. The Kier molecular flexibility index (Phi) is 5.12. The quantitative estimate of drug-likeness (QED) is 0.327. The van der Waals surface area contributed by atoms with Crippen molar-refractivity contribution in [2.45, 2.75) is 13.0 Å². The van der Waals surface area contributed by atoms with Crippen molar-refractivity contribution in [2.24, 2.45) is 11.5 Å². The second-order valence-electron chi connectivity index (χ2n) is 8.85. The second-order valence-corrected chi connectivity index (χ2v) is 8.85. The zero-order chi connectivity index (χ0) is 23.9. The molecule has 0 fully saturated rings. The molecule has 0 unspecified atom stereocenters. The number of hydrogen-bond donors (Lipinski definition) is 2. The second kappa shape index (κ2) is 8.46. The Hall–Kier alpha value is -4.35. The van der Waals surface area contributed by atoms with Crippen molar-refractivity contribution in [1.82, 2.24) is 4.57 Å². The number of nitrogens with two attached hydrogens (primary N) is 2. The number of primary amides is 1. The van der Waals surface area contributed by atoms with Gasteiger partial charge >= 0.3 is 0 Å². The summed E-state index contributed by atoms with van der Waals surface area (Å²) in [5.41, 5.74) is 19.4. The summed E-state index contributed by atoms with van der Waals surface area (Å²) in [6, 6.07) is 28.4. The van der Waals surface area contributed by atoms with Gasteiger partial charge in [-0.25, -0.2) is 0 Å². The van der Waals surface area contributed by atoms with E-state index in [9.17, 15) is 4.79 Å². The first-order valence-electron chi connectivity index (χ1n) is 11.7. The van der Waals surface area contributed by atoms with Gasteiger partial charge in [0.1, 0.15) is 11.2 Å². The summed E-state index contributed by atoms with van der Waals surface area (Å²) in [5.74, 6) is -0.415. The molecule has 6 aromatic rings. The molecule has 1 amide bonds. The summed E-state index contributed by atoms with van der Waals surface area (Å²) in [6.45, 7) is 1.12. The summed E-state index contributed by atoms with van der Waals surface area (Å²) in [7, 11) is 0. The Morgan fingerprint density at radius 3 is 2.49 bits per heavy atom. The lowest BCUT2D eigenvalue weighted by molar-refractivity contribution is 0.0999. The van der Waals surface area contributed by atoms with Gasteiger partial charge in [-0.1, -0.05) is 54.6 Å². The Balaban J connectivity index is 1.52. The average Bonchev–Trinajstić information content (AvgIpc) is 3.42. The van der Waals surface area contributed by atoms with E-state index in [1.54, 1.807) is 6.07 Å².